The van der Waals surface area contributed by atoms with Crippen molar-refractivity contribution in [2.45, 2.75) is 0 Å². The van der Waals surface area contributed by atoms with Crippen molar-refractivity contribution in [2.75, 3.05) is 11.5 Å². The number of aromatic nitrogens is 4. The summed E-state index contributed by atoms with van der Waals surface area (Å²) in [5, 5.41) is 1.05. The van der Waals surface area contributed by atoms with Crippen LogP contribution in [0, 0.1) is 0 Å². The van der Waals surface area contributed by atoms with Crippen LogP contribution in [0.4, 0.5) is 10.3 Å². The van der Waals surface area contributed by atoms with Crippen molar-refractivity contribution in [1.82, 2.24) is 18.7 Å². The monoisotopic (exact) mass is 238 g/mol. The third kappa shape index (κ3) is 5.28. The second kappa shape index (κ2) is 6.52. The summed E-state index contributed by atoms with van der Waals surface area (Å²) in [6.45, 7) is 0. The Hall–Kier alpha value is -0.990. The van der Waals surface area contributed by atoms with Gasteiger partial charge in [-0.05, 0) is 0 Å². The molecule has 0 atom stereocenters. The topological polar surface area (TPSA) is 104 Å². The van der Waals surface area contributed by atoms with Crippen molar-refractivity contribution in [3.05, 3.63) is 12.7 Å². The average Bonchev–Trinajstić information content (AvgIpc) is 2.63. The Morgan fingerprint density at radius 3 is 1.38 bits per heavy atom. The first-order chi connectivity index (χ1) is 5.79. The van der Waals surface area contributed by atoms with Crippen LogP contribution in [0.5, 0.6) is 0 Å². The molecule has 0 aliphatic carbocycles. The number of anilines is 2. The molecular formula is C4H7ClN6S2. The van der Waals surface area contributed by atoms with Gasteiger partial charge in [0.15, 0.2) is 10.3 Å². The molecule has 2 rings (SSSR count). The van der Waals surface area contributed by atoms with Gasteiger partial charge in [-0.1, -0.05) is 0 Å². The number of nitrogen functional groups attached to an aromatic ring is 2. The molecule has 0 unspecified atom stereocenters. The van der Waals surface area contributed by atoms with E-state index in [9.17, 15) is 0 Å². The van der Waals surface area contributed by atoms with E-state index in [-0.39, 0.29) is 12.4 Å². The summed E-state index contributed by atoms with van der Waals surface area (Å²) in [7, 11) is 0. The number of halogens is 1. The fourth-order valence-electron chi connectivity index (χ4n) is 0.363. The van der Waals surface area contributed by atoms with Crippen molar-refractivity contribution in [3.8, 4) is 0 Å². The van der Waals surface area contributed by atoms with E-state index in [4.69, 9.17) is 11.5 Å². The molecule has 6 nitrogen and oxygen atoms in total. The van der Waals surface area contributed by atoms with Crippen molar-refractivity contribution in [3.63, 3.8) is 0 Å². The van der Waals surface area contributed by atoms with Gasteiger partial charge in [-0.3, -0.25) is 0 Å². The van der Waals surface area contributed by atoms with Gasteiger partial charge in [0.1, 0.15) is 12.7 Å². The van der Waals surface area contributed by atoms with E-state index in [1.165, 1.54) is 35.7 Å². The molecule has 0 bridgehead atoms. The molecule has 0 fully saturated rings. The molecule has 2 aromatic rings. The lowest BCUT2D eigenvalue weighted by Gasteiger charge is -1.64. The summed E-state index contributed by atoms with van der Waals surface area (Å²) < 4.78 is 7.25. The molecule has 2 aromatic heterocycles. The van der Waals surface area contributed by atoms with Crippen molar-refractivity contribution < 1.29 is 0 Å². The Morgan fingerprint density at radius 2 is 1.31 bits per heavy atom. The van der Waals surface area contributed by atoms with Crippen LogP contribution in [0.1, 0.15) is 0 Å². The summed E-state index contributed by atoms with van der Waals surface area (Å²) in [5.41, 5.74) is 10.2. The SMILES string of the molecule is Cl.Nc1ncns1.Nc1ncns1. The van der Waals surface area contributed by atoms with Gasteiger partial charge in [0, 0.05) is 23.1 Å². The third-order valence-electron chi connectivity index (χ3n) is 0.757. The molecule has 0 aliphatic heterocycles. The molecule has 4 N–H and O–H groups in total. The van der Waals surface area contributed by atoms with Gasteiger partial charge in [0.2, 0.25) is 0 Å². The summed E-state index contributed by atoms with van der Waals surface area (Å²) in [4.78, 5) is 7.20. The van der Waals surface area contributed by atoms with Gasteiger partial charge in [-0.2, -0.15) is 8.75 Å². The lowest BCUT2D eigenvalue weighted by atomic mass is 11.2. The minimum atomic E-state index is 0. The van der Waals surface area contributed by atoms with E-state index in [0.717, 1.165) is 0 Å². The molecule has 0 amide bonds. The third-order valence-corrected chi connectivity index (χ3v) is 1.74. The first-order valence-corrected chi connectivity index (χ1v) is 4.38. The Kier molecular flexibility index (Phi) is 6.02. The maximum absolute atomic E-state index is 5.12. The van der Waals surface area contributed by atoms with Gasteiger partial charge < -0.3 is 11.5 Å². The molecule has 0 saturated heterocycles. The maximum atomic E-state index is 5.12. The Bertz CT molecular complexity index is 262. The van der Waals surface area contributed by atoms with Crippen LogP contribution in [-0.4, -0.2) is 18.7 Å². The summed E-state index contributed by atoms with van der Waals surface area (Å²) in [6.07, 6.45) is 2.86. The van der Waals surface area contributed by atoms with Crippen LogP contribution >= 0.6 is 35.5 Å². The van der Waals surface area contributed by atoms with E-state index >= 15 is 0 Å². The first-order valence-electron chi connectivity index (χ1n) is 2.83. The van der Waals surface area contributed by atoms with Gasteiger partial charge in [-0.25, -0.2) is 9.97 Å². The molecule has 2 heterocycles. The summed E-state index contributed by atoms with van der Waals surface area (Å²) >= 11 is 2.39. The number of nitrogens with zero attached hydrogens (tertiary/aromatic N) is 4. The Balaban J connectivity index is 0.000000206. The minimum Gasteiger partial charge on any atom is -0.374 e. The molecule has 0 aliphatic rings. The van der Waals surface area contributed by atoms with Gasteiger partial charge >= 0.3 is 0 Å². The Labute approximate surface area is 88.8 Å². The standard InChI is InChI=1S/2C2H3N3S.ClH/c2*3-2-4-1-5-6-2;/h2*1H,(H2,3,4,5);1H. The number of hydrogen-bond donors (Lipinski definition) is 2. The van der Waals surface area contributed by atoms with Crippen molar-refractivity contribution in [1.29, 1.82) is 0 Å². The smallest absolute Gasteiger partial charge is 0.199 e. The van der Waals surface area contributed by atoms with Crippen molar-refractivity contribution >= 4 is 45.7 Å². The highest BCUT2D eigenvalue weighted by Gasteiger charge is 1.79. The number of nitrogens with two attached hydrogens (primary N) is 2. The fourth-order valence-corrected chi connectivity index (χ4v) is 0.956. The molecule has 0 aromatic carbocycles. The van der Waals surface area contributed by atoms with Gasteiger partial charge in [0.25, 0.3) is 0 Å². The number of rotatable bonds is 0. The van der Waals surface area contributed by atoms with Gasteiger partial charge in [-0.15, -0.1) is 12.4 Å². The van der Waals surface area contributed by atoms with Crippen LogP contribution in [-0.2, 0) is 0 Å². The second-order valence-corrected chi connectivity index (χ2v) is 3.18. The van der Waals surface area contributed by atoms with E-state index in [0.29, 0.717) is 10.3 Å². The zero-order valence-electron chi connectivity index (χ0n) is 6.32. The highest BCUT2D eigenvalue weighted by molar-refractivity contribution is 7.09. The molecule has 0 saturated carbocycles. The predicted octanol–water partition coefficient (Wildman–Crippen LogP) is 0.662. The summed E-state index contributed by atoms with van der Waals surface area (Å²) in [6, 6.07) is 0. The maximum Gasteiger partial charge on any atom is 0.199 e. The highest BCUT2D eigenvalue weighted by atomic mass is 35.5. The quantitative estimate of drug-likeness (QED) is 0.699. The highest BCUT2D eigenvalue weighted by Crippen LogP contribution is 1.97. The van der Waals surface area contributed by atoms with Gasteiger partial charge in [0.05, 0.1) is 0 Å². The van der Waals surface area contributed by atoms with Crippen molar-refractivity contribution in [2.24, 2.45) is 0 Å². The van der Waals surface area contributed by atoms with Crippen LogP contribution in [0.25, 0.3) is 0 Å². The largest absolute Gasteiger partial charge is 0.374 e. The fraction of sp³-hybridized carbons (Fsp3) is 0. The van der Waals surface area contributed by atoms with Crippen LogP contribution in [0.15, 0.2) is 12.7 Å². The first kappa shape index (κ1) is 12.0. The van der Waals surface area contributed by atoms with Crippen LogP contribution in [0.2, 0.25) is 0 Å². The molecular weight excluding hydrogens is 232 g/mol. The zero-order valence-corrected chi connectivity index (χ0v) is 8.77. The molecule has 72 valence electrons. The lowest BCUT2D eigenvalue weighted by Crippen LogP contribution is -1.77. The molecule has 0 spiro atoms. The lowest BCUT2D eigenvalue weighted by molar-refractivity contribution is 1.34. The normalized spacial score (nSPS) is 8.00. The molecule has 0 radical (unpaired) electrons. The van der Waals surface area contributed by atoms with E-state index in [1.54, 1.807) is 0 Å². The predicted molar refractivity (Wildman–Crippen MR) is 55.9 cm³/mol. The molecule has 9 heteroatoms. The second-order valence-electron chi connectivity index (χ2n) is 1.56. The Morgan fingerprint density at radius 1 is 0.923 bits per heavy atom. The zero-order chi connectivity index (χ0) is 8.81. The van der Waals surface area contributed by atoms with E-state index < -0.39 is 0 Å². The van der Waals surface area contributed by atoms with Crippen LogP contribution < -0.4 is 11.5 Å². The van der Waals surface area contributed by atoms with E-state index in [1.807, 2.05) is 0 Å². The van der Waals surface area contributed by atoms with E-state index in [2.05, 4.69) is 18.7 Å². The summed E-state index contributed by atoms with van der Waals surface area (Å²) in [5.74, 6) is 0. The van der Waals surface area contributed by atoms with Crippen LogP contribution in [0.3, 0.4) is 0 Å². The minimum absolute atomic E-state index is 0. The molecule has 13 heavy (non-hydrogen) atoms. The number of hydrogen-bond acceptors (Lipinski definition) is 8. The average molecular weight is 239 g/mol.